The molecule has 1 unspecified atom stereocenters. The zero-order valence-corrected chi connectivity index (χ0v) is 13.2. The lowest BCUT2D eigenvalue weighted by Crippen LogP contribution is -2.44. The van der Waals surface area contributed by atoms with Crippen molar-refractivity contribution in [2.24, 2.45) is 5.73 Å². The molecule has 3 atom stereocenters. The van der Waals surface area contributed by atoms with Crippen LogP contribution in [0, 0.1) is 0 Å². The van der Waals surface area contributed by atoms with Crippen LogP contribution in [0.3, 0.4) is 0 Å². The van der Waals surface area contributed by atoms with Crippen molar-refractivity contribution >= 4 is 28.2 Å². The summed E-state index contributed by atoms with van der Waals surface area (Å²) < 4.78 is 27.9. The van der Waals surface area contributed by atoms with Gasteiger partial charge in [0.1, 0.15) is 15.9 Å². The zero-order valence-electron chi connectivity index (χ0n) is 11.5. The standard InChI is InChI=1S/C11H22N2O4S.ClH/c1-8(7-18(3,15)16)13(2)11(14)10-5-4-9(6-12)17-10;/h8-10H,4-7,12H2,1-3H3;1H/t8?,9-,10+;/m1./s1. The van der Waals surface area contributed by atoms with Gasteiger partial charge < -0.3 is 15.4 Å². The van der Waals surface area contributed by atoms with Crippen LogP contribution in [0.5, 0.6) is 0 Å². The number of ether oxygens (including phenoxy) is 1. The summed E-state index contributed by atoms with van der Waals surface area (Å²) in [4.78, 5) is 13.5. The molecular weight excluding hydrogens is 292 g/mol. The van der Waals surface area contributed by atoms with E-state index in [1.807, 2.05) is 0 Å². The fourth-order valence-corrected chi connectivity index (χ4v) is 3.15. The first-order valence-corrected chi connectivity index (χ1v) is 8.10. The first-order valence-electron chi connectivity index (χ1n) is 6.04. The van der Waals surface area contributed by atoms with E-state index in [0.29, 0.717) is 13.0 Å². The number of nitrogens with two attached hydrogens (primary N) is 1. The Kier molecular flexibility index (Phi) is 7.28. The molecule has 8 heteroatoms. The molecule has 1 aliphatic heterocycles. The van der Waals surface area contributed by atoms with E-state index in [2.05, 4.69) is 0 Å². The second-order valence-corrected chi connectivity index (χ2v) is 7.14. The Bertz CT molecular complexity index is 401. The molecule has 0 bridgehead atoms. The summed E-state index contributed by atoms with van der Waals surface area (Å²) in [7, 11) is -1.49. The lowest BCUT2D eigenvalue weighted by atomic mass is 10.1. The van der Waals surface area contributed by atoms with Crippen LogP contribution < -0.4 is 5.73 Å². The van der Waals surface area contributed by atoms with Crippen LogP contribution >= 0.6 is 12.4 Å². The van der Waals surface area contributed by atoms with Crippen LogP contribution in [-0.4, -0.2) is 63.1 Å². The van der Waals surface area contributed by atoms with E-state index in [1.54, 1.807) is 14.0 Å². The zero-order chi connectivity index (χ0) is 13.9. The van der Waals surface area contributed by atoms with Crippen molar-refractivity contribution in [3.63, 3.8) is 0 Å². The Morgan fingerprint density at radius 2 is 2.05 bits per heavy atom. The minimum Gasteiger partial charge on any atom is -0.364 e. The SMILES string of the molecule is CC(CS(C)(=O)=O)N(C)C(=O)[C@@H]1CC[C@H](CN)O1.Cl. The Labute approximate surface area is 121 Å². The molecular formula is C11H23ClN2O4S. The molecule has 1 fully saturated rings. The molecule has 0 aliphatic carbocycles. The van der Waals surface area contributed by atoms with Crippen molar-refractivity contribution in [2.45, 2.75) is 38.0 Å². The van der Waals surface area contributed by atoms with E-state index in [4.69, 9.17) is 10.5 Å². The molecule has 2 N–H and O–H groups in total. The average molecular weight is 315 g/mol. The summed E-state index contributed by atoms with van der Waals surface area (Å²) in [5.41, 5.74) is 5.49. The van der Waals surface area contributed by atoms with Crippen LogP contribution in [0.25, 0.3) is 0 Å². The van der Waals surface area contributed by atoms with Crippen molar-refractivity contribution in [1.29, 1.82) is 0 Å². The van der Waals surface area contributed by atoms with Gasteiger partial charge in [0, 0.05) is 25.9 Å². The van der Waals surface area contributed by atoms with Gasteiger partial charge in [0.2, 0.25) is 0 Å². The third-order valence-corrected chi connectivity index (χ3v) is 4.29. The van der Waals surface area contributed by atoms with Gasteiger partial charge in [-0.1, -0.05) is 0 Å². The molecule has 1 rings (SSSR count). The second kappa shape index (κ2) is 7.42. The van der Waals surface area contributed by atoms with Crippen LogP contribution in [0.1, 0.15) is 19.8 Å². The lowest BCUT2D eigenvalue weighted by Gasteiger charge is -2.27. The number of hydrogen-bond acceptors (Lipinski definition) is 5. The Balaban J connectivity index is 0.00000324. The number of likely N-dealkylation sites (N-methyl/N-ethyl adjacent to an activating group) is 1. The minimum atomic E-state index is -3.10. The van der Waals surface area contributed by atoms with Gasteiger partial charge in [-0.05, 0) is 19.8 Å². The van der Waals surface area contributed by atoms with Gasteiger partial charge >= 0.3 is 0 Å². The van der Waals surface area contributed by atoms with Crippen molar-refractivity contribution < 1.29 is 17.9 Å². The molecule has 114 valence electrons. The quantitative estimate of drug-likeness (QED) is 0.759. The normalized spacial score (nSPS) is 24.6. The van der Waals surface area contributed by atoms with Crippen LogP contribution in [0.2, 0.25) is 0 Å². The highest BCUT2D eigenvalue weighted by Gasteiger charge is 2.33. The highest BCUT2D eigenvalue weighted by atomic mass is 35.5. The van der Waals surface area contributed by atoms with Gasteiger partial charge in [0.15, 0.2) is 0 Å². The number of halogens is 1. The van der Waals surface area contributed by atoms with Gasteiger partial charge in [-0.25, -0.2) is 8.42 Å². The summed E-state index contributed by atoms with van der Waals surface area (Å²) in [6, 6.07) is -0.354. The summed E-state index contributed by atoms with van der Waals surface area (Å²) in [5, 5.41) is 0. The second-order valence-electron chi connectivity index (χ2n) is 4.95. The maximum atomic E-state index is 12.1. The van der Waals surface area contributed by atoms with Gasteiger partial charge in [0.25, 0.3) is 5.91 Å². The predicted octanol–water partition coefficient (Wildman–Crippen LogP) is -0.194. The van der Waals surface area contributed by atoms with Crippen molar-refractivity contribution in [3.8, 4) is 0 Å². The fraction of sp³-hybridized carbons (Fsp3) is 0.909. The van der Waals surface area contributed by atoms with Gasteiger partial charge in [-0.2, -0.15) is 0 Å². The molecule has 1 heterocycles. The number of rotatable bonds is 5. The molecule has 0 spiro atoms. The van der Waals surface area contributed by atoms with E-state index >= 15 is 0 Å². The molecule has 1 saturated heterocycles. The molecule has 0 saturated carbocycles. The van der Waals surface area contributed by atoms with Crippen molar-refractivity contribution in [3.05, 3.63) is 0 Å². The number of sulfone groups is 1. The number of carbonyl (C=O) groups excluding carboxylic acids is 1. The largest absolute Gasteiger partial charge is 0.364 e. The van der Waals surface area contributed by atoms with Crippen LogP contribution in [0.4, 0.5) is 0 Å². The molecule has 0 radical (unpaired) electrons. The van der Waals surface area contributed by atoms with Crippen LogP contribution in [0.15, 0.2) is 0 Å². The van der Waals surface area contributed by atoms with E-state index < -0.39 is 15.9 Å². The van der Waals surface area contributed by atoms with Gasteiger partial charge in [-0.15, -0.1) is 12.4 Å². The molecule has 6 nitrogen and oxygen atoms in total. The summed E-state index contributed by atoms with van der Waals surface area (Å²) >= 11 is 0. The average Bonchev–Trinajstić information content (AvgIpc) is 2.73. The molecule has 0 aromatic rings. The van der Waals surface area contributed by atoms with Crippen molar-refractivity contribution in [2.75, 3.05) is 25.6 Å². The first kappa shape index (κ1) is 18.6. The number of carbonyl (C=O) groups is 1. The van der Waals surface area contributed by atoms with E-state index in [-0.39, 0.29) is 36.2 Å². The smallest absolute Gasteiger partial charge is 0.251 e. The van der Waals surface area contributed by atoms with E-state index in [0.717, 1.165) is 6.42 Å². The Morgan fingerprint density at radius 3 is 2.47 bits per heavy atom. The minimum absolute atomic E-state index is 0. The Hall–Kier alpha value is -0.370. The van der Waals surface area contributed by atoms with Crippen LogP contribution in [-0.2, 0) is 19.4 Å². The van der Waals surface area contributed by atoms with Crippen molar-refractivity contribution in [1.82, 2.24) is 4.90 Å². The molecule has 1 amide bonds. The maximum absolute atomic E-state index is 12.1. The monoisotopic (exact) mass is 314 g/mol. The fourth-order valence-electron chi connectivity index (χ4n) is 2.06. The predicted molar refractivity (Wildman–Crippen MR) is 76.1 cm³/mol. The third-order valence-electron chi connectivity index (χ3n) is 3.20. The number of hydrogen-bond donors (Lipinski definition) is 1. The maximum Gasteiger partial charge on any atom is 0.251 e. The summed E-state index contributed by atoms with van der Waals surface area (Å²) in [6.45, 7) is 2.13. The molecule has 19 heavy (non-hydrogen) atoms. The number of nitrogens with zero attached hydrogens (tertiary/aromatic N) is 1. The molecule has 0 aromatic heterocycles. The Morgan fingerprint density at radius 1 is 1.47 bits per heavy atom. The third kappa shape index (κ3) is 5.64. The van der Waals surface area contributed by atoms with Gasteiger partial charge in [-0.3, -0.25) is 4.79 Å². The molecule has 1 aliphatic rings. The molecule has 0 aromatic carbocycles. The lowest BCUT2D eigenvalue weighted by molar-refractivity contribution is -0.142. The van der Waals surface area contributed by atoms with E-state index in [1.165, 1.54) is 11.2 Å². The first-order chi connectivity index (χ1) is 8.24. The highest BCUT2D eigenvalue weighted by molar-refractivity contribution is 7.90. The van der Waals surface area contributed by atoms with Gasteiger partial charge in [0.05, 0.1) is 11.9 Å². The summed E-state index contributed by atoms with van der Waals surface area (Å²) in [6.07, 6.45) is 2.05. The summed E-state index contributed by atoms with van der Waals surface area (Å²) in [5.74, 6) is -0.204. The van der Waals surface area contributed by atoms with E-state index in [9.17, 15) is 13.2 Å². The highest BCUT2D eigenvalue weighted by Crippen LogP contribution is 2.21. The topological polar surface area (TPSA) is 89.7 Å². The number of amides is 1.